The molecule has 1 aliphatic rings. The maximum atomic E-state index is 12.8. The van der Waals surface area contributed by atoms with Crippen LogP contribution < -0.4 is 0 Å². The van der Waals surface area contributed by atoms with E-state index in [-0.39, 0.29) is 18.6 Å². The molecule has 0 aliphatic heterocycles. The smallest absolute Gasteiger partial charge is 0.326 e. The molecule has 0 radical (unpaired) electrons. The Morgan fingerprint density at radius 3 is 2.85 bits per heavy atom. The lowest BCUT2D eigenvalue weighted by Gasteiger charge is -2.36. The van der Waals surface area contributed by atoms with Crippen LogP contribution in [0.5, 0.6) is 0 Å². The third kappa shape index (κ3) is 4.13. The van der Waals surface area contributed by atoms with Gasteiger partial charge in [-0.2, -0.15) is 0 Å². The van der Waals surface area contributed by atoms with Crippen LogP contribution in [0.3, 0.4) is 0 Å². The predicted molar refractivity (Wildman–Crippen MR) is 108 cm³/mol. The highest BCUT2D eigenvalue weighted by atomic mass is 79.9. The Morgan fingerprint density at radius 2 is 2.15 bits per heavy atom. The fourth-order valence-electron chi connectivity index (χ4n) is 4.18. The van der Waals surface area contributed by atoms with E-state index in [1.54, 1.807) is 0 Å². The lowest BCUT2D eigenvalue weighted by molar-refractivity contribution is -0.156. The van der Waals surface area contributed by atoms with Gasteiger partial charge in [0.1, 0.15) is 18.5 Å². The molecular formula is C21H29BrN2O2. The van der Waals surface area contributed by atoms with Gasteiger partial charge in [-0.15, -0.1) is 0 Å². The lowest BCUT2D eigenvalue weighted by atomic mass is 9.75. The summed E-state index contributed by atoms with van der Waals surface area (Å²) >= 11 is 3.49. The van der Waals surface area contributed by atoms with E-state index in [0.29, 0.717) is 17.8 Å². The number of esters is 1. The number of aromatic nitrogens is 2. The van der Waals surface area contributed by atoms with Gasteiger partial charge in [-0.05, 0) is 48.8 Å². The van der Waals surface area contributed by atoms with Gasteiger partial charge in [0.25, 0.3) is 0 Å². The summed E-state index contributed by atoms with van der Waals surface area (Å²) in [4.78, 5) is 17.4. The minimum absolute atomic E-state index is 0.0419. The van der Waals surface area contributed by atoms with Crippen molar-refractivity contribution in [1.82, 2.24) is 9.55 Å². The van der Waals surface area contributed by atoms with Gasteiger partial charge in [-0.1, -0.05) is 50.0 Å². The van der Waals surface area contributed by atoms with E-state index in [9.17, 15) is 4.79 Å². The van der Waals surface area contributed by atoms with Crippen LogP contribution in [-0.4, -0.2) is 21.6 Å². The van der Waals surface area contributed by atoms with Crippen LogP contribution in [0.4, 0.5) is 0 Å². The summed E-state index contributed by atoms with van der Waals surface area (Å²) < 4.78 is 8.98. The van der Waals surface area contributed by atoms with Gasteiger partial charge in [-0.25, -0.2) is 4.98 Å². The number of nitrogens with zero attached hydrogens (tertiary/aromatic N) is 2. The van der Waals surface area contributed by atoms with Gasteiger partial charge in [0.2, 0.25) is 0 Å². The number of imidazole rings is 1. The molecule has 1 heterocycles. The summed E-state index contributed by atoms with van der Waals surface area (Å²) in [6.07, 6.45) is 4.19. The molecule has 3 rings (SSSR count). The number of carbonyl (C=O) groups excluding carboxylic acids is 1. The van der Waals surface area contributed by atoms with Crippen LogP contribution >= 0.6 is 15.9 Å². The SMILES string of the molecule is CCc1nc2cc(Br)ccc2n1CC(=O)O[C@@H]1C[C@H](C)CC[C@H]1C(C)C. The van der Waals surface area contributed by atoms with Crippen molar-refractivity contribution in [2.45, 2.75) is 66.0 Å². The summed E-state index contributed by atoms with van der Waals surface area (Å²) in [6, 6.07) is 6.00. The molecule has 1 aliphatic carbocycles. The maximum absolute atomic E-state index is 12.8. The third-order valence-electron chi connectivity index (χ3n) is 5.64. The van der Waals surface area contributed by atoms with Crippen molar-refractivity contribution in [3.8, 4) is 0 Å². The van der Waals surface area contributed by atoms with E-state index in [0.717, 1.165) is 40.6 Å². The maximum Gasteiger partial charge on any atom is 0.326 e. The number of aryl methyl sites for hydroxylation is 1. The van der Waals surface area contributed by atoms with Gasteiger partial charge in [0, 0.05) is 10.9 Å². The van der Waals surface area contributed by atoms with Crippen molar-refractivity contribution in [1.29, 1.82) is 0 Å². The Morgan fingerprint density at radius 1 is 1.38 bits per heavy atom. The Hall–Kier alpha value is -1.36. The van der Waals surface area contributed by atoms with Crippen molar-refractivity contribution < 1.29 is 9.53 Å². The quantitative estimate of drug-likeness (QED) is 0.610. The van der Waals surface area contributed by atoms with Crippen LogP contribution in [0.15, 0.2) is 22.7 Å². The number of carbonyl (C=O) groups is 1. The highest BCUT2D eigenvalue weighted by Gasteiger charge is 2.33. The molecule has 1 aromatic carbocycles. The highest BCUT2D eigenvalue weighted by Crippen LogP contribution is 2.35. The lowest BCUT2D eigenvalue weighted by Crippen LogP contribution is -2.36. The summed E-state index contributed by atoms with van der Waals surface area (Å²) in [5, 5.41) is 0. The minimum Gasteiger partial charge on any atom is -0.461 e. The summed E-state index contributed by atoms with van der Waals surface area (Å²) in [5.74, 6) is 2.41. The monoisotopic (exact) mass is 420 g/mol. The van der Waals surface area contributed by atoms with E-state index in [4.69, 9.17) is 4.74 Å². The van der Waals surface area contributed by atoms with Gasteiger partial charge >= 0.3 is 5.97 Å². The summed E-state index contributed by atoms with van der Waals surface area (Å²) in [7, 11) is 0. The number of ether oxygens (including phenoxy) is 1. The van der Waals surface area contributed by atoms with E-state index in [1.165, 1.54) is 6.42 Å². The zero-order valence-corrected chi connectivity index (χ0v) is 17.8. The molecule has 26 heavy (non-hydrogen) atoms. The molecule has 1 aromatic heterocycles. The third-order valence-corrected chi connectivity index (χ3v) is 6.13. The van der Waals surface area contributed by atoms with Gasteiger partial charge in [0.15, 0.2) is 0 Å². The van der Waals surface area contributed by atoms with Gasteiger partial charge < -0.3 is 9.30 Å². The van der Waals surface area contributed by atoms with Crippen molar-refractivity contribution in [3.63, 3.8) is 0 Å². The molecule has 142 valence electrons. The molecule has 2 aromatic rings. The second kappa shape index (κ2) is 8.12. The first-order chi connectivity index (χ1) is 12.4. The van der Waals surface area contributed by atoms with E-state index < -0.39 is 0 Å². The first-order valence-corrected chi connectivity index (χ1v) is 10.5. The van der Waals surface area contributed by atoms with Crippen molar-refractivity contribution in [2.75, 3.05) is 0 Å². The first-order valence-electron chi connectivity index (χ1n) is 9.73. The molecule has 0 saturated heterocycles. The van der Waals surface area contributed by atoms with Gasteiger partial charge in [-0.3, -0.25) is 4.79 Å². The van der Waals surface area contributed by atoms with E-state index >= 15 is 0 Å². The summed E-state index contributed by atoms with van der Waals surface area (Å²) in [6.45, 7) is 9.02. The standard InChI is InChI=1S/C21H29BrN2O2/c1-5-20-23-17-11-15(22)7-9-18(17)24(20)12-21(25)26-19-10-14(4)6-8-16(19)13(2)3/h7,9,11,13-14,16,19H,5-6,8,10,12H2,1-4H3/t14-,16+,19-/m1/s1. The number of halogens is 1. The number of benzene rings is 1. The number of hydrogen-bond donors (Lipinski definition) is 0. The van der Waals surface area contributed by atoms with Gasteiger partial charge in [0.05, 0.1) is 11.0 Å². The zero-order valence-electron chi connectivity index (χ0n) is 16.2. The van der Waals surface area contributed by atoms with Crippen molar-refractivity contribution in [3.05, 3.63) is 28.5 Å². The fraction of sp³-hybridized carbons (Fsp3) is 0.619. The average molecular weight is 421 g/mol. The molecule has 5 heteroatoms. The normalized spacial score (nSPS) is 23.5. The van der Waals surface area contributed by atoms with Crippen LogP contribution in [0.2, 0.25) is 0 Å². The molecule has 4 nitrogen and oxygen atoms in total. The molecule has 0 bridgehead atoms. The number of fused-ring (bicyclic) bond motifs is 1. The van der Waals surface area contributed by atoms with Crippen molar-refractivity contribution >= 4 is 32.9 Å². The fourth-order valence-corrected chi connectivity index (χ4v) is 4.53. The van der Waals surface area contributed by atoms with Crippen LogP contribution in [0, 0.1) is 17.8 Å². The Balaban J connectivity index is 1.78. The molecule has 0 spiro atoms. The van der Waals surface area contributed by atoms with Crippen LogP contribution in [0.1, 0.15) is 52.8 Å². The molecule has 0 unspecified atom stereocenters. The topological polar surface area (TPSA) is 44.1 Å². The molecule has 3 atom stereocenters. The zero-order chi connectivity index (χ0) is 18.8. The van der Waals surface area contributed by atoms with E-state index in [1.807, 2.05) is 22.8 Å². The van der Waals surface area contributed by atoms with Crippen LogP contribution in [-0.2, 0) is 22.5 Å². The summed E-state index contributed by atoms with van der Waals surface area (Å²) in [5.41, 5.74) is 1.90. The second-order valence-electron chi connectivity index (χ2n) is 7.96. The predicted octanol–water partition coefficient (Wildman–Crippen LogP) is 5.37. The highest BCUT2D eigenvalue weighted by molar-refractivity contribution is 9.10. The Kier molecular flexibility index (Phi) is 6.06. The Bertz CT molecular complexity index is 784. The molecule has 1 saturated carbocycles. The number of rotatable bonds is 5. The minimum atomic E-state index is -0.147. The largest absolute Gasteiger partial charge is 0.461 e. The van der Waals surface area contributed by atoms with Crippen molar-refractivity contribution in [2.24, 2.45) is 17.8 Å². The first kappa shape index (κ1) is 19.4. The van der Waals surface area contributed by atoms with E-state index in [2.05, 4.69) is 48.6 Å². The second-order valence-corrected chi connectivity index (χ2v) is 8.87. The van der Waals surface area contributed by atoms with Crippen LogP contribution in [0.25, 0.3) is 11.0 Å². The number of hydrogen-bond acceptors (Lipinski definition) is 3. The molecule has 0 N–H and O–H groups in total. The molecule has 0 amide bonds. The molecular weight excluding hydrogens is 392 g/mol. The Labute approximate surface area is 164 Å². The molecule has 1 fully saturated rings. The average Bonchev–Trinajstić information content (AvgIpc) is 2.91.